The second-order valence-corrected chi connectivity index (χ2v) is 8.26. The Balaban J connectivity index is 1.61. The predicted octanol–water partition coefficient (Wildman–Crippen LogP) is 8.19. The number of benzene rings is 3. The van der Waals surface area contributed by atoms with Crippen molar-refractivity contribution in [2.45, 2.75) is 51.9 Å². The van der Waals surface area contributed by atoms with Gasteiger partial charge in [0.25, 0.3) is 0 Å². The summed E-state index contributed by atoms with van der Waals surface area (Å²) in [5.41, 5.74) is 5.79. The maximum atomic E-state index is 14.7. The molecule has 0 spiro atoms. The monoisotopic (exact) mass is 440 g/mol. The number of nitrogens with zero attached hydrogens (tertiary/aromatic N) is 2. The zero-order chi connectivity index (χ0) is 23.3. The van der Waals surface area contributed by atoms with Crippen molar-refractivity contribution in [3.05, 3.63) is 107 Å². The smallest absolute Gasteiger partial charge is 0.131 e. The molecule has 0 fully saturated rings. The lowest BCUT2D eigenvalue weighted by Gasteiger charge is -2.06. The highest BCUT2D eigenvalue weighted by Gasteiger charge is 2.06. The van der Waals surface area contributed by atoms with E-state index in [4.69, 9.17) is 0 Å². The summed E-state index contributed by atoms with van der Waals surface area (Å²) in [4.78, 5) is 0. The summed E-state index contributed by atoms with van der Waals surface area (Å²) in [6, 6.07) is 21.5. The largest absolute Gasteiger partial charge is 0.206 e. The van der Waals surface area contributed by atoms with Gasteiger partial charge >= 0.3 is 0 Å². The molecule has 0 saturated heterocycles. The molecule has 3 heteroatoms. The van der Waals surface area contributed by atoms with E-state index in [9.17, 15) is 4.39 Å². The lowest BCUT2D eigenvalue weighted by Crippen LogP contribution is -1.93. The maximum absolute atomic E-state index is 14.7. The van der Waals surface area contributed by atoms with Gasteiger partial charge in [0.1, 0.15) is 5.82 Å². The standard InChI is InChI=1S/C30H33FN2/c1-3-5-6-7-8-12-26-13-9-10-14-28(26)23-33-32-22-25-17-20-29(30(31)21-25)27-18-15-24(11-4-2)16-19-27/h3,9-10,13-23H,1,4-8,11-12H2,2H3. The highest BCUT2D eigenvalue weighted by atomic mass is 19.1. The molecule has 33 heavy (non-hydrogen) atoms. The van der Waals surface area contributed by atoms with Crippen LogP contribution >= 0.6 is 0 Å². The van der Waals surface area contributed by atoms with Crippen molar-refractivity contribution in [2.24, 2.45) is 10.2 Å². The van der Waals surface area contributed by atoms with Gasteiger partial charge in [-0.25, -0.2) is 4.39 Å². The fraction of sp³-hybridized carbons (Fsp3) is 0.267. The topological polar surface area (TPSA) is 24.7 Å². The molecule has 0 saturated carbocycles. The number of unbranched alkanes of at least 4 members (excludes halogenated alkanes) is 3. The van der Waals surface area contributed by atoms with Crippen LogP contribution in [-0.2, 0) is 12.8 Å². The number of halogens is 1. The van der Waals surface area contributed by atoms with Crippen LogP contribution in [0.25, 0.3) is 11.1 Å². The van der Waals surface area contributed by atoms with E-state index in [1.807, 2.05) is 30.3 Å². The summed E-state index contributed by atoms with van der Waals surface area (Å²) in [7, 11) is 0. The number of rotatable bonds is 12. The lowest BCUT2D eigenvalue weighted by molar-refractivity contribution is 0.631. The minimum Gasteiger partial charge on any atom is -0.206 e. The third kappa shape index (κ3) is 7.64. The summed E-state index contributed by atoms with van der Waals surface area (Å²) in [5.74, 6) is -0.257. The van der Waals surface area contributed by atoms with Crippen molar-refractivity contribution < 1.29 is 4.39 Å². The van der Waals surface area contributed by atoms with Crippen LogP contribution in [0.1, 0.15) is 61.3 Å². The molecule has 0 atom stereocenters. The van der Waals surface area contributed by atoms with Gasteiger partial charge in [0, 0.05) is 5.56 Å². The molecule has 0 aliphatic carbocycles. The molecular weight excluding hydrogens is 407 g/mol. The van der Waals surface area contributed by atoms with Crippen molar-refractivity contribution >= 4 is 12.4 Å². The summed E-state index contributed by atoms with van der Waals surface area (Å²) in [6.07, 6.45) is 13.1. The summed E-state index contributed by atoms with van der Waals surface area (Å²) in [6.45, 7) is 5.93. The van der Waals surface area contributed by atoms with E-state index in [2.05, 4.69) is 54.0 Å². The Morgan fingerprint density at radius 2 is 1.64 bits per heavy atom. The first-order chi connectivity index (χ1) is 16.2. The predicted molar refractivity (Wildman–Crippen MR) is 140 cm³/mol. The zero-order valence-electron chi connectivity index (χ0n) is 19.5. The van der Waals surface area contributed by atoms with Gasteiger partial charge < -0.3 is 0 Å². The van der Waals surface area contributed by atoms with Crippen LogP contribution < -0.4 is 0 Å². The zero-order valence-corrected chi connectivity index (χ0v) is 19.5. The fourth-order valence-corrected chi connectivity index (χ4v) is 3.85. The normalized spacial score (nSPS) is 11.5. The van der Waals surface area contributed by atoms with Gasteiger partial charge in [-0.3, -0.25) is 0 Å². The van der Waals surface area contributed by atoms with Crippen molar-refractivity contribution in [1.82, 2.24) is 0 Å². The van der Waals surface area contributed by atoms with E-state index in [1.54, 1.807) is 18.5 Å². The molecule has 0 aromatic heterocycles. The van der Waals surface area contributed by atoms with Gasteiger partial charge in [0.05, 0.1) is 12.4 Å². The molecule has 2 nitrogen and oxygen atoms in total. The quantitative estimate of drug-likeness (QED) is 0.117. The second kappa shape index (κ2) is 13.3. The maximum Gasteiger partial charge on any atom is 0.131 e. The number of hydrogen-bond donors (Lipinski definition) is 0. The van der Waals surface area contributed by atoms with Crippen LogP contribution in [-0.4, -0.2) is 12.4 Å². The molecule has 3 rings (SSSR count). The first-order valence-electron chi connectivity index (χ1n) is 11.9. The van der Waals surface area contributed by atoms with E-state index < -0.39 is 0 Å². The molecule has 0 unspecified atom stereocenters. The average molecular weight is 441 g/mol. The first kappa shape index (κ1) is 24.3. The minimum atomic E-state index is -0.257. The van der Waals surface area contributed by atoms with E-state index in [1.165, 1.54) is 30.0 Å². The number of aryl methyl sites for hydroxylation is 2. The molecule has 0 aliphatic rings. The Kier molecular flexibility index (Phi) is 9.78. The van der Waals surface area contributed by atoms with Crippen LogP contribution in [0.3, 0.4) is 0 Å². The van der Waals surface area contributed by atoms with Crippen molar-refractivity contribution in [3.63, 3.8) is 0 Å². The minimum absolute atomic E-state index is 0.257. The molecule has 0 bridgehead atoms. The third-order valence-corrected chi connectivity index (χ3v) is 5.68. The highest BCUT2D eigenvalue weighted by molar-refractivity contribution is 5.84. The SMILES string of the molecule is C=CCCCCCc1ccccc1C=NN=Cc1ccc(-c2ccc(CCC)cc2)c(F)c1. The van der Waals surface area contributed by atoms with Crippen LogP contribution in [0.4, 0.5) is 4.39 Å². The van der Waals surface area contributed by atoms with Crippen molar-refractivity contribution in [1.29, 1.82) is 0 Å². The van der Waals surface area contributed by atoms with Crippen LogP contribution in [0.5, 0.6) is 0 Å². The highest BCUT2D eigenvalue weighted by Crippen LogP contribution is 2.24. The Bertz CT molecular complexity index is 1080. The van der Waals surface area contributed by atoms with Crippen LogP contribution in [0.15, 0.2) is 89.6 Å². The van der Waals surface area contributed by atoms with Crippen LogP contribution in [0, 0.1) is 5.82 Å². The molecule has 3 aromatic rings. The van der Waals surface area contributed by atoms with Gasteiger partial charge in [0.15, 0.2) is 0 Å². The van der Waals surface area contributed by atoms with Gasteiger partial charge in [0.2, 0.25) is 0 Å². The first-order valence-corrected chi connectivity index (χ1v) is 11.9. The number of allylic oxidation sites excluding steroid dienone is 1. The van der Waals surface area contributed by atoms with Gasteiger partial charge in [-0.15, -0.1) is 6.58 Å². The lowest BCUT2D eigenvalue weighted by atomic mass is 10.0. The summed E-state index contributed by atoms with van der Waals surface area (Å²) < 4.78 is 14.7. The van der Waals surface area contributed by atoms with Crippen molar-refractivity contribution in [2.75, 3.05) is 0 Å². The van der Waals surface area contributed by atoms with Gasteiger partial charge in [-0.05, 0) is 66.0 Å². The summed E-state index contributed by atoms with van der Waals surface area (Å²) in [5, 5.41) is 8.34. The second-order valence-electron chi connectivity index (χ2n) is 8.26. The summed E-state index contributed by atoms with van der Waals surface area (Å²) >= 11 is 0. The molecule has 3 aromatic carbocycles. The van der Waals surface area contributed by atoms with E-state index in [-0.39, 0.29) is 5.82 Å². The van der Waals surface area contributed by atoms with E-state index >= 15 is 0 Å². The molecule has 170 valence electrons. The molecular formula is C30H33FN2. The van der Waals surface area contributed by atoms with E-state index in [0.717, 1.165) is 43.2 Å². The molecule has 0 aliphatic heterocycles. The third-order valence-electron chi connectivity index (χ3n) is 5.68. The van der Waals surface area contributed by atoms with Gasteiger partial charge in [-0.1, -0.05) is 86.5 Å². The van der Waals surface area contributed by atoms with E-state index in [0.29, 0.717) is 11.1 Å². The van der Waals surface area contributed by atoms with Crippen LogP contribution in [0.2, 0.25) is 0 Å². The van der Waals surface area contributed by atoms with Gasteiger partial charge in [-0.2, -0.15) is 10.2 Å². The Hall–Kier alpha value is -3.33. The Morgan fingerprint density at radius 1 is 0.848 bits per heavy atom. The Morgan fingerprint density at radius 3 is 2.39 bits per heavy atom. The molecule has 0 radical (unpaired) electrons. The Labute approximate surface area is 197 Å². The fourth-order valence-electron chi connectivity index (χ4n) is 3.85. The number of hydrogen-bond acceptors (Lipinski definition) is 2. The molecule has 0 heterocycles. The molecule has 0 amide bonds. The average Bonchev–Trinajstić information content (AvgIpc) is 2.83. The van der Waals surface area contributed by atoms with Crippen molar-refractivity contribution in [3.8, 4) is 11.1 Å². The molecule has 0 N–H and O–H groups in total.